The second kappa shape index (κ2) is 5.66. The largest absolute Gasteiger partial charge is 0.478 e. The number of carbonyl (C=O) groups is 1. The van der Waals surface area contributed by atoms with Gasteiger partial charge in [0.25, 0.3) is 5.56 Å². The third-order valence-electron chi connectivity index (χ3n) is 3.47. The Kier molecular flexibility index (Phi) is 3.69. The molecular weight excluding hydrogens is 302 g/mol. The van der Waals surface area contributed by atoms with Gasteiger partial charge in [-0.1, -0.05) is 23.7 Å². The van der Waals surface area contributed by atoms with E-state index in [-0.39, 0.29) is 11.1 Å². The first-order valence-electron chi connectivity index (χ1n) is 6.66. The van der Waals surface area contributed by atoms with E-state index >= 15 is 0 Å². The highest BCUT2D eigenvalue weighted by atomic mass is 35.5. The van der Waals surface area contributed by atoms with E-state index in [2.05, 4.69) is 0 Å². The molecule has 1 N–H and O–H groups in total. The minimum atomic E-state index is -0.987. The van der Waals surface area contributed by atoms with Gasteiger partial charge in [0.05, 0.1) is 17.6 Å². The SMILES string of the molecule is O=C(O)c1cccc(Cn2c(=O)ccc3cc(Cl)ccc32)c1. The van der Waals surface area contributed by atoms with Crippen LogP contribution in [0.2, 0.25) is 5.02 Å². The van der Waals surface area contributed by atoms with E-state index in [0.717, 1.165) is 16.5 Å². The molecule has 0 saturated carbocycles. The maximum atomic E-state index is 12.2. The number of carboxylic acids is 1. The average molecular weight is 314 g/mol. The lowest BCUT2D eigenvalue weighted by atomic mass is 10.1. The Bertz CT molecular complexity index is 931. The Balaban J connectivity index is 2.11. The quantitative estimate of drug-likeness (QED) is 0.806. The fourth-order valence-electron chi connectivity index (χ4n) is 2.42. The van der Waals surface area contributed by atoms with Crippen molar-refractivity contribution in [2.75, 3.05) is 0 Å². The summed E-state index contributed by atoms with van der Waals surface area (Å²) in [5, 5.41) is 10.5. The second-order valence-electron chi connectivity index (χ2n) is 4.97. The van der Waals surface area contributed by atoms with E-state index in [4.69, 9.17) is 16.7 Å². The molecule has 22 heavy (non-hydrogen) atoms. The van der Waals surface area contributed by atoms with Crippen LogP contribution in [0, 0.1) is 0 Å². The van der Waals surface area contributed by atoms with Gasteiger partial charge < -0.3 is 9.67 Å². The molecule has 0 unspecified atom stereocenters. The van der Waals surface area contributed by atoms with Gasteiger partial charge in [0.15, 0.2) is 0 Å². The van der Waals surface area contributed by atoms with Gasteiger partial charge in [-0.3, -0.25) is 4.79 Å². The van der Waals surface area contributed by atoms with Gasteiger partial charge in [-0.15, -0.1) is 0 Å². The number of hydrogen-bond acceptors (Lipinski definition) is 2. The van der Waals surface area contributed by atoms with Crippen LogP contribution in [0.5, 0.6) is 0 Å². The van der Waals surface area contributed by atoms with Crippen molar-refractivity contribution in [2.24, 2.45) is 0 Å². The molecule has 0 fully saturated rings. The Morgan fingerprint density at radius 3 is 2.68 bits per heavy atom. The first-order chi connectivity index (χ1) is 10.5. The lowest BCUT2D eigenvalue weighted by Crippen LogP contribution is -2.20. The molecule has 2 aromatic carbocycles. The van der Waals surface area contributed by atoms with Gasteiger partial charge in [0.1, 0.15) is 0 Å². The summed E-state index contributed by atoms with van der Waals surface area (Å²) in [6.45, 7) is 0.304. The van der Waals surface area contributed by atoms with Crippen LogP contribution in [-0.2, 0) is 6.54 Å². The van der Waals surface area contributed by atoms with Crippen LogP contribution in [0.15, 0.2) is 59.4 Å². The van der Waals surface area contributed by atoms with Gasteiger partial charge in [0.2, 0.25) is 0 Å². The van der Waals surface area contributed by atoms with Crippen molar-refractivity contribution < 1.29 is 9.90 Å². The Hall–Kier alpha value is -2.59. The van der Waals surface area contributed by atoms with E-state index in [1.807, 2.05) is 0 Å². The van der Waals surface area contributed by atoms with E-state index in [1.54, 1.807) is 47.0 Å². The predicted octanol–water partition coefficient (Wildman–Crippen LogP) is 3.40. The summed E-state index contributed by atoms with van der Waals surface area (Å²) < 4.78 is 1.60. The maximum Gasteiger partial charge on any atom is 0.335 e. The summed E-state index contributed by atoms with van der Waals surface area (Å²) in [4.78, 5) is 23.2. The number of carboxylic acid groups (broad SMARTS) is 1. The fraction of sp³-hybridized carbons (Fsp3) is 0.0588. The van der Waals surface area contributed by atoms with Gasteiger partial charge >= 0.3 is 5.97 Å². The molecule has 110 valence electrons. The minimum absolute atomic E-state index is 0.143. The minimum Gasteiger partial charge on any atom is -0.478 e. The summed E-state index contributed by atoms with van der Waals surface area (Å²) in [5.74, 6) is -0.987. The highest BCUT2D eigenvalue weighted by Gasteiger charge is 2.07. The summed E-state index contributed by atoms with van der Waals surface area (Å²) in [6.07, 6.45) is 0. The molecule has 5 heteroatoms. The van der Waals surface area contributed by atoms with Crippen LogP contribution in [0.4, 0.5) is 0 Å². The zero-order valence-electron chi connectivity index (χ0n) is 11.5. The normalized spacial score (nSPS) is 10.8. The molecule has 0 atom stereocenters. The van der Waals surface area contributed by atoms with Gasteiger partial charge in [-0.05, 0) is 47.3 Å². The lowest BCUT2D eigenvalue weighted by molar-refractivity contribution is 0.0696. The number of fused-ring (bicyclic) bond motifs is 1. The molecule has 0 bridgehead atoms. The zero-order valence-corrected chi connectivity index (χ0v) is 12.2. The number of nitrogens with zero attached hydrogens (tertiary/aromatic N) is 1. The highest BCUT2D eigenvalue weighted by molar-refractivity contribution is 6.31. The van der Waals surface area contributed by atoms with Crippen molar-refractivity contribution in [3.05, 3.63) is 81.1 Å². The molecule has 0 spiro atoms. The molecule has 0 saturated heterocycles. The standard InChI is InChI=1S/C17H12ClNO3/c18-14-5-6-15-12(9-14)4-7-16(20)19(15)10-11-2-1-3-13(8-11)17(21)22/h1-9H,10H2,(H,21,22). The van der Waals surface area contributed by atoms with E-state index in [9.17, 15) is 9.59 Å². The fourth-order valence-corrected chi connectivity index (χ4v) is 2.60. The Morgan fingerprint density at radius 2 is 1.91 bits per heavy atom. The van der Waals surface area contributed by atoms with Gasteiger partial charge in [-0.2, -0.15) is 0 Å². The first kappa shape index (κ1) is 14.4. The molecule has 3 rings (SSSR count). The van der Waals surface area contributed by atoms with E-state index in [0.29, 0.717) is 11.6 Å². The van der Waals surface area contributed by atoms with Crippen LogP contribution < -0.4 is 5.56 Å². The molecule has 0 aliphatic rings. The molecule has 3 aromatic rings. The number of benzene rings is 2. The zero-order chi connectivity index (χ0) is 15.7. The van der Waals surface area contributed by atoms with Crippen LogP contribution in [0.3, 0.4) is 0 Å². The first-order valence-corrected chi connectivity index (χ1v) is 7.04. The monoisotopic (exact) mass is 313 g/mol. The Morgan fingerprint density at radius 1 is 1.09 bits per heavy atom. The summed E-state index contributed by atoms with van der Waals surface area (Å²) >= 11 is 5.97. The summed E-state index contributed by atoms with van der Waals surface area (Å²) in [6, 6.07) is 15.1. The number of aromatic nitrogens is 1. The average Bonchev–Trinajstić information content (AvgIpc) is 2.50. The third-order valence-corrected chi connectivity index (χ3v) is 3.70. The molecule has 1 aromatic heterocycles. The van der Waals surface area contributed by atoms with Crippen LogP contribution >= 0.6 is 11.6 Å². The molecule has 4 nitrogen and oxygen atoms in total. The van der Waals surface area contributed by atoms with Crippen LogP contribution in [-0.4, -0.2) is 15.6 Å². The maximum absolute atomic E-state index is 12.2. The van der Waals surface area contributed by atoms with Gasteiger partial charge in [0, 0.05) is 11.1 Å². The van der Waals surface area contributed by atoms with Crippen LogP contribution in [0.25, 0.3) is 10.9 Å². The van der Waals surface area contributed by atoms with Crippen LogP contribution in [0.1, 0.15) is 15.9 Å². The summed E-state index contributed by atoms with van der Waals surface area (Å²) in [5.41, 5.74) is 1.58. The van der Waals surface area contributed by atoms with Crippen molar-refractivity contribution in [3.8, 4) is 0 Å². The smallest absolute Gasteiger partial charge is 0.335 e. The molecule has 1 heterocycles. The molecule has 0 aliphatic heterocycles. The molecule has 0 amide bonds. The van der Waals surface area contributed by atoms with Crippen molar-refractivity contribution in [3.63, 3.8) is 0 Å². The highest BCUT2D eigenvalue weighted by Crippen LogP contribution is 2.19. The summed E-state index contributed by atoms with van der Waals surface area (Å²) in [7, 11) is 0. The molecule has 0 radical (unpaired) electrons. The lowest BCUT2D eigenvalue weighted by Gasteiger charge is -2.11. The number of hydrogen-bond donors (Lipinski definition) is 1. The van der Waals surface area contributed by atoms with Crippen molar-refractivity contribution in [1.82, 2.24) is 4.57 Å². The number of rotatable bonds is 3. The number of halogens is 1. The molecule has 0 aliphatic carbocycles. The van der Waals surface area contributed by atoms with Gasteiger partial charge in [-0.25, -0.2) is 4.79 Å². The van der Waals surface area contributed by atoms with E-state index in [1.165, 1.54) is 12.1 Å². The molecular formula is C17H12ClNO3. The predicted molar refractivity (Wildman–Crippen MR) is 85.7 cm³/mol. The van der Waals surface area contributed by atoms with Crippen molar-refractivity contribution in [1.29, 1.82) is 0 Å². The second-order valence-corrected chi connectivity index (χ2v) is 5.40. The topological polar surface area (TPSA) is 59.3 Å². The third kappa shape index (κ3) is 2.73. The number of pyridine rings is 1. The van der Waals surface area contributed by atoms with Crippen molar-refractivity contribution >= 4 is 28.5 Å². The Labute approximate surface area is 131 Å². The van der Waals surface area contributed by atoms with E-state index < -0.39 is 5.97 Å². The van der Waals surface area contributed by atoms with Crippen molar-refractivity contribution in [2.45, 2.75) is 6.54 Å². The number of aromatic carboxylic acids is 1.